The number of rotatable bonds is 2. The number of halogens is 4. The normalized spacial score (nSPS) is 11.3. The minimum Gasteiger partial charge on any atom is -0.322 e. The van der Waals surface area contributed by atoms with Crippen LogP contribution in [0.15, 0.2) is 46.9 Å². The van der Waals surface area contributed by atoms with Crippen LogP contribution in [0.5, 0.6) is 0 Å². The van der Waals surface area contributed by atoms with Crippen molar-refractivity contribution in [2.75, 3.05) is 5.32 Å². The van der Waals surface area contributed by atoms with Gasteiger partial charge < -0.3 is 5.32 Å². The van der Waals surface area contributed by atoms with E-state index in [1.165, 1.54) is 12.1 Å². The van der Waals surface area contributed by atoms with Crippen LogP contribution in [0.25, 0.3) is 0 Å². The minimum atomic E-state index is -4.48. The van der Waals surface area contributed by atoms with E-state index in [-0.39, 0.29) is 10.2 Å². The van der Waals surface area contributed by atoms with E-state index in [0.29, 0.717) is 5.56 Å². The molecule has 2 nitrogen and oxygen atoms in total. The van der Waals surface area contributed by atoms with E-state index >= 15 is 0 Å². The van der Waals surface area contributed by atoms with Crippen LogP contribution in [0.2, 0.25) is 0 Å². The fourth-order valence-corrected chi connectivity index (χ4v) is 2.32. The van der Waals surface area contributed by atoms with Crippen LogP contribution in [-0.2, 0) is 6.18 Å². The third-order valence-electron chi connectivity index (χ3n) is 2.92. The molecule has 2 aromatic carbocycles. The molecule has 0 bridgehead atoms. The topological polar surface area (TPSA) is 29.1 Å². The fraction of sp³-hybridized carbons (Fsp3) is 0.133. The molecule has 0 aliphatic carbocycles. The largest absolute Gasteiger partial charge is 0.417 e. The Balaban J connectivity index is 2.29. The molecule has 0 aromatic heterocycles. The molecule has 0 unspecified atom stereocenters. The first kappa shape index (κ1) is 15.6. The SMILES string of the molecule is Cc1ccccc1C(=O)Nc1ccc(Br)c(C(F)(F)F)c1. The molecule has 1 amide bonds. The van der Waals surface area contributed by atoms with E-state index in [9.17, 15) is 18.0 Å². The number of alkyl halides is 3. The van der Waals surface area contributed by atoms with E-state index < -0.39 is 17.6 Å². The molecule has 0 saturated carbocycles. The Morgan fingerprint density at radius 3 is 2.43 bits per heavy atom. The molecule has 0 atom stereocenters. The lowest BCUT2D eigenvalue weighted by molar-refractivity contribution is -0.138. The zero-order valence-electron chi connectivity index (χ0n) is 11.0. The van der Waals surface area contributed by atoms with E-state index in [1.54, 1.807) is 31.2 Å². The first-order valence-corrected chi connectivity index (χ1v) is 6.82. The predicted octanol–water partition coefficient (Wildman–Crippen LogP) is 5.03. The number of carbonyl (C=O) groups is 1. The van der Waals surface area contributed by atoms with Crippen molar-refractivity contribution < 1.29 is 18.0 Å². The molecule has 0 spiro atoms. The van der Waals surface area contributed by atoms with Crippen molar-refractivity contribution in [1.82, 2.24) is 0 Å². The van der Waals surface area contributed by atoms with Gasteiger partial charge in [0.15, 0.2) is 0 Å². The number of anilines is 1. The molecule has 21 heavy (non-hydrogen) atoms. The van der Waals surface area contributed by atoms with Crippen molar-refractivity contribution in [2.45, 2.75) is 13.1 Å². The molecule has 2 rings (SSSR count). The second-order valence-electron chi connectivity index (χ2n) is 4.46. The molecular weight excluding hydrogens is 347 g/mol. The van der Waals surface area contributed by atoms with Crippen molar-refractivity contribution >= 4 is 27.5 Å². The van der Waals surface area contributed by atoms with Crippen molar-refractivity contribution in [2.24, 2.45) is 0 Å². The summed E-state index contributed by atoms with van der Waals surface area (Å²) < 4.78 is 38.4. The van der Waals surface area contributed by atoms with Crippen LogP contribution in [0.4, 0.5) is 18.9 Å². The van der Waals surface area contributed by atoms with Crippen LogP contribution in [0.3, 0.4) is 0 Å². The quantitative estimate of drug-likeness (QED) is 0.802. The molecule has 0 radical (unpaired) electrons. The van der Waals surface area contributed by atoms with Crippen LogP contribution in [0.1, 0.15) is 21.5 Å². The van der Waals surface area contributed by atoms with Crippen molar-refractivity contribution in [3.05, 3.63) is 63.6 Å². The van der Waals surface area contributed by atoms with Gasteiger partial charge in [0.05, 0.1) is 5.56 Å². The number of hydrogen-bond acceptors (Lipinski definition) is 1. The van der Waals surface area contributed by atoms with Crippen molar-refractivity contribution in [3.63, 3.8) is 0 Å². The van der Waals surface area contributed by atoms with E-state index in [4.69, 9.17) is 0 Å². The summed E-state index contributed by atoms with van der Waals surface area (Å²) in [5.41, 5.74) is 0.445. The van der Waals surface area contributed by atoms with Gasteiger partial charge in [0.1, 0.15) is 0 Å². The molecule has 0 heterocycles. The smallest absolute Gasteiger partial charge is 0.322 e. The van der Waals surface area contributed by atoms with Gasteiger partial charge in [-0.25, -0.2) is 0 Å². The summed E-state index contributed by atoms with van der Waals surface area (Å²) in [7, 11) is 0. The number of nitrogens with one attached hydrogen (secondary N) is 1. The maximum absolute atomic E-state index is 12.8. The predicted molar refractivity (Wildman–Crippen MR) is 78.3 cm³/mol. The molecule has 0 saturated heterocycles. The van der Waals surface area contributed by atoms with Gasteiger partial charge in [-0.3, -0.25) is 4.79 Å². The Bertz CT molecular complexity index is 683. The molecule has 0 aliphatic rings. The Kier molecular flexibility index (Phi) is 4.37. The summed E-state index contributed by atoms with van der Waals surface area (Å²) in [5, 5.41) is 2.48. The van der Waals surface area contributed by atoms with Gasteiger partial charge in [-0.2, -0.15) is 13.2 Å². The zero-order valence-corrected chi connectivity index (χ0v) is 12.5. The standard InChI is InChI=1S/C15H11BrF3NO/c1-9-4-2-3-5-11(9)14(21)20-10-6-7-13(16)12(8-10)15(17,18)19/h2-8H,1H3,(H,20,21). The molecule has 6 heteroatoms. The van der Waals surface area contributed by atoms with Gasteiger partial charge in [0, 0.05) is 15.7 Å². The maximum Gasteiger partial charge on any atom is 0.417 e. The summed E-state index contributed by atoms with van der Waals surface area (Å²) in [6.07, 6.45) is -4.48. The Morgan fingerprint density at radius 1 is 1.14 bits per heavy atom. The Hall–Kier alpha value is -1.82. The van der Waals surface area contributed by atoms with Gasteiger partial charge in [-0.1, -0.05) is 34.1 Å². The van der Waals surface area contributed by atoms with Gasteiger partial charge in [-0.15, -0.1) is 0 Å². The number of benzene rings is 2. The monoisotopic (exact) mass is 357 g/mol. The van der Waals surface area contributed by atoms with Crippen LogP contribution < -0.4 is 5.32 Å². The highest BCUT2D eigenvalue weighted by Gasteiger charge is 2.33. The number of aryl methyl sites for hydroxylation is 1. The van der Waals surface area contributed by atoms with Crippen LogP contribution in [0, 0.1) is 6.92 Å². The first-order valence-electron chi connectivity index (χ1n) is 6.03. The first-order chi connectivity index (χ1) is 9.79. The fourth-order valence-electron chi connectivity index (χ4n) is 1.85. The second kappa shape index (κ2) is 5.89. The van der Waals surface area contributed by atoms with E-state index in [2.05, 4.69) is 21.2 Å². The number of carbonyl (C=O) groups excluding carboxylic acids is 1. The number of amides is 1. The van der Waals surface area contributed by atoms with Crippen LogP contribution >= 0.6 is 15.9 Å². The third-order valence-corrected chi connectivity index (χ3v) is 3.61. The Labute approximate surface area is 128 Å². The molecular formula is C15H11BrF3NO. The molecule has 2 aromatic rings. The maximum atomic E-state index is 12.8. The highest BCUT2D eigenvalue weighted by atomic mass is 79.9. The average Bonchev–Trinajstić information content (AvgIpc) is 2.40. The summed E-state index contributed by atoms with van der Waals surface area (Å²) in [5.74, 6) is -0.441. The van der Waals surface area contributed by atoms with Gasteiger partial charge in [0.25, 0.3) is 5.91 Å². The lowest BCUT2D eigenvalue weighted by Crippen LogP contribution is -2.14. The molecule has 1 N–H and O–H groups in total. The summed E-state index contributed by atoms with van der Waals surface area (Å²) in [6.45, 7) is 1.76. The lowest BCUT2D eigenvalue weighted by Gasteiger charge is -2.12. The van der Waals surface area contributed by atoms with Gasteiger partial charge >= 0.3 is 6.18 Å². The third kappa shape index (κ3) is 3.64. The van der Waals surface area contributed by atoms with E-state index in [0.717, 1.165) is 11.6 Å². The average molecular weight is 358 g/mol. The van der Waals surface area contributed by atoms with Crippen LogP contribution in [-0.4, -0.2) is 5.91 Å². The van der Waals surface area contributed by atoms with Crippen molar-refractivity contribution in [1.29, 1.82) is 0 Å². The second-order valence-corrected chi connectivity index (χ2v) is 5.32. The lowest BCUT2D eigenvalue weighted by atomic mass is 10.1. The Morgan fingerprint density at radius 2 is 1.81 bits per heavy atom. The summed E-state index contributed by atoms with van der Waals surface area (Å²) >= 11 is 2.86. The molecule has 0 aliphatic heterocycles. The highest BCUT2D eigenvalue weighted by Crippen LogP contribution is 2.36. The minimum absolute atomic E-state index is 0.0658. The zero-order chi connectivity index (χ0) is 15.6. The van der Waals surface area contributed by atoms with E-state index in [1.807, 2.05) is 0 Å². The highest BCUT2D eigenvalue weighted by molar-refractivity contribution is 9.10. The van der Waals surface area contributed by atoms with Gasteiger partial charge in [-0.05, 0) is 36.8 Å². The molecule has 0 fully saturated rings. The summed E-state index contributed by atoms with van der Waals surface area (Å²) in [6, 6.07) is 10.4. The molecule has 110 valence electrons. The van der Waals surface area contributed by atoms with Crippen molar-refractivity contribution in [3.8, 4) is 0 Å². The number of hydrogen-bond donors (Lipinski definition) is 1. The van der Waals surface area contributed by atoms with Gasteiger partial charge in [0.2, 0.25) is 0 Å². The summed E-state index contributed by atoms with van der Waals surface area (Å²) in [4.78, 5) is 12.1.